The third-order valence-electron chi connectivity index (χ3n) is 2.88. The van der Waals surface area contributed by atoms with Crippen molar-refractivity contribution >= 4 is 39.6 Å². The van der Waals surface area contributed by atoms with E-state index in [0.717, 1.165) is 22.6 Å². The number of carbonyl (C=O) groups excluding carboxylic acids is 1. The molecule has 1 heterocycles. The highest BCUT2D eigenvalue weighted by Gasteiger charge is 2.11. The molecule has 3 N–H and O–H groups in total. The fourth-order valence-corrected chi connectivity index (χ4v) is 2.80. The Balaban J connectivity index is 2.13. The Bertz CT molecular complexity index is 647. The van der Waals surface area contributed by atoms with E-state index in [1.165, 1.54) is 11.3 Å². The Hall–Kier alpha value is -1.79. The number of aromatic nitrogens is 1. The fraction of sp³-hybridized carbons (Fsp3) is 0.214. The van der Waals surface area contributed by atoms with Crippen LogP contribution in [0.4, 0.5) is 5.13 Å². The molecule has 0 saturated carbocycles. The van der Waals surface area contributed by atoms with Crippen molar-refractivity contribution in [3.05, 3.63) is 46.0 Å². The van der Waals surface area contributed by atoms with Crippen LogP contribution in [0.5, 0.6) is 0 Å². The zero-order valence-electron chi connectivity index (χ0n) is 11.3. The lowest BCUT2D eigenvalue weighted by molar-refractivity contribution is 0.102. The van der Waals surface area contributed by atoms with Crippen molar-refractivity contribution in [3.8, 4) is 0 Å². The molecule has 6 heteroatoms. The van der Waals surface area contributed by atoms with Gasteiger partial charge in [0.15, 0.2) is 5.13 Å². The second kappa shape index (κ2) is 6.11. The van der Waals surface area contributed by atoms with Crippen molar-refractivity contribution in [2.45, 2.75) is 20.3 Å². The largest absolute Gasteiger partial charge is 0.389 e. The van der Waals surface area contributed by atoms with Crippen molar-refractivity contribution in [1.82, 2.24) is 4.98 Å². The van der Waals surface area contributed by atoms with Gasteiger partial charge in [0.1, 0.15) is 4.99 Å². The van der Waals surface area contributed by atoms with Crippen LogP contribution in [-0.4, -0.2) is 15.9 Å². The third-order valence-corrected chi connectivity index (χ3v) is 4.04. The average Bonchev–Trinajstić information content (AvgIpc) is 2.78. The minimum Gasteiger partial charge on any atom is -0.389 e. The molecular weight excluding hydrogens is 290 g/mol. The van der Waals surface area contributed by atoms with E-state index in [1.54, 1.807) is 24.3 Å². The number of nitrogens with zero attached hydrogens (tertiary/aromatic N) is 1. The van der Waals surface area contributed by atoms with E-state index < -0.39 is 0 Å². The number of rotatable bonds is 4. The standard InChI is InChI=1S/C14H15N3OS2/c1-3-11-8(2)20-14(16-11)17-13(18)10-6-4-9(5-7-10)12(15)19/h4-7H,3H2,1-2H3,(H2,15,19)(H,16,17,18). The second-order valence-electron chi connectivity index (χ2n) is 4.27. The monoisotopic (exact) mass is 305 g/mol. The van der Waals surface area contributed by atoms with Gasteiger partial charge in [-0.05, 0) is 25.5 Å². The third kappa shape index (κ3) is 3.20. The highest BCUT2D eigenvalue weighted by Crippen LogP contribution is 2.22. The summed E-state index contributed by atoms with van der Waals surface area (Å²) >= 11 is 6.36. The summed E-state index contributed by atoms with van der Waals surface area (Å²) in [6.45, 7) is 4.05. The van der Waals surface area contributed by atoms with E-state index in [-0.39, 0.29) is 5.91 Å². The number of nitrogens with one attached hydrogen (secondary N) is 1. The molecule has 1 amide bonds. The average molecular weight is 305 g/mol. The van der Waals surface area contributed by atoms with Crippen molar-refractivity contribution in [1.29, 1.82) is 0 Å². The zero-order valence-corrected chi connectivity index (χ0v) is 12.9. The number of benzene rings is 1. The van der Waals surface area contributed by atoms with Gasteiger partial charge < -0.3 is 5.73 Å². The summed E-state index contributed by atoms with van der Waals surface area (Å²) in [6, 6.07) is 6.87. The molecule has 104 valence electrons. The summed E-state index contributed by atoms with van der Waals surface area (Å²) in [5.74, 6) is -0.184. The predicted octanol–water partition coefficient (Wildman–Crippen LogP) is 2.90. The Labute approximate surface area is 127 Å². The Morgan fingerprint density at radius 1 is 1.35 bits per heavy atom. The predicted molar refractivity (Wildman–Crippen MR) is 86.5 cm³/mol. The van der Waals surface area contributed by atoms with E-state index in [9.17, 15) is 4.79 Å². The summed E-state index contributed by atoms with van der Waals surface area (Å²) < 4.78 is 0. The quantitative estimate of drug-likeness (QED) is 0.852. The number of thiocarbonyl (C=S) groups is 1. The van der Waals surface area contributed by atoms with Gasteiger partial charge in [0, 0.05) is 16.0 Å². The lowest BCUT2D eigenvalue weighted by atomic mass is 10.1. The SMILES string of the molecule is CCc1nc(NC(=O)c2ccc(C(N)=S)cc2)sc1C. The maximum absolute atomic E-state index is 12.1. The maximum Gasteiger partial charge on any atom is 0.257 e. The van der Waals surface area contributed by atoms with Gasteiger partial charge in [-0.2, -0.15) is 0 Å². The summed E-state index contributed by atoms with van der Waals surface area (Å²) in [7, 11) is 0. The molecular formula is C14H15N3OS2. The number of anilines is 1. The minimum absolute atomic E-state index is 0.184. The molecule has 0 atom stereocenters. The number of hydrogen-bond donors (Lipinski definition) is 2. The van der Waals surface area contributed by atoms with Crippen LogP contribution in [0.2, 0.25) is 0 Å². The molecule has 4 nitrogen and oxygen atoms in total. The number of amides is 1. The van der Waals surface area contributed by atoms with Crippen molar-refractivity contribution in [2.24, 2.45) is 5.73 Å². The normalized spacial score (nSPS) is 10.3. The molecule has 0 bridgehead atoms. The van der Waals surface area contributed by atoms with Crippen LogP contribution in [0.1, 0.15) is 33.4 Å². The zero-order chi connectivity index (χ0) is 14.7. The van der Waals surface area contributed by atoms with Crippen molar-refractivity contribution < 1.29 is 4.79 Å². The van der Waals surface area contributed by atoms with E-state index in [0.29, 0.717) is 15.7 Å². The topological polar surface area (TPSA) is 68.0 Å². The van der Waals surface area contributed by atoms with Gasteiger partial charge in [-0.15, -0.1) is 11.3 Å². The van der Waals surface area contributed by atoms with Crippen molar-refractivity contribution in [3.63, 3.8) is 0 Å². The molecule has 2 rings (SSSR count). The van der Waals surface area contributed by atoms with Gasteiger partial charge in [-0.25, -0.2) is 4.98 Å². The molecule has 0 unspecified atom stereocenters. The first-order valence-electron chi connectivity index (χ1n) is 6.18. The Kier molecular flexibility index (Phi) is 4.46. The molecule has 1 aromatic carbocycles. The summed E-state index contributed by atoms with van der Waals surface area (Å²) in [5, 5.41) is 3.43. The molecule has 0 fully saturated rings. The molecule has 1 aromatic heterocycles. The van der Waals surface area contributed by atoms with Gasteiger partial charge in [0.05, 0.1) is 5.69 Å². The van der Waals surface area contributed by atoms with Crippen LogP contribution in [0.25, 0.3) is 0 Å². The number of thiazole rings is 1. The van der Waals surface area contributed by atoms with Gasteiger partial charge >= 0.3 is 0 Å². The van der Waals surface area contributed by atoms with E-state index in [2.05, 4.69) is 10.3 Å². The summed E-state index contributed by atoms with van der Waals surface area (Å²) in [6.07, 6.45) is 0.862. The molecule has 0 aliphatic heterocycles. The number of carbonyl (C=O) groups is 1. The molecule has 0 radical (unpaired) electrons. The lowest BCUT2D eigenvalue weighted by Crippen LogP contribution is -2.13. The first kappa shape index (κ1) is 14.6. The highest BCUT2D eigenvalue weighted by atomic mass is 32.1. The Morgan fingerprint density at radius 3 is 2.45 bits per heavy atom. The lowest BCUT2D eigenvalue weighted by Gasteiger charge is -2.03. The van der Waals surface area contributed by atoms with Crippen LogP contribution in [-0.2, 0) is 6.42 Å². The van der Waals surface area contributed by atoms with Crippen LogP contribution in [0.3, 0.4) is 0 Å². The van der Waals surface area contributed by atoms with Gasteiger partial charge in [-0.1, -0.05) is 31.3 Å². The molecule has 0 saturated heterocycles. The van der Waals surface area contributed by atoms with E-state index in [1.807, 2.05) is 13.8 Å². The summed E-state index contributed by atoms with van der Waals surface area (Å²) in [5.41, 5.74) is 7.84. The molecule has 2 aromatic rings. The van der Waals surface area contributed by atoms with Crippen LogP contribution in [0, 0.1) is 6.92 Å². The van der Waals surface area contributed by atoms with Crippen LogP contribution >= 0.6 is 23.6 Å². The molecule has 0 aliphatic rings. The maximum atomic E-state index is 12.1. The fourth-order valence-electron chi connectivity index (χ4n) is 1.76. The first-order valence-corrected chi connectivity index (χ1v) is 7.41. The van der Waals surface area contributed by atoms with E-state index in [4.69, 9.17) is 18.0 Å². The Morgan fingerprint density at radius 2 is 1.95 bits per heavy atom. The molecule has 0 aliphatic carbocycles. The highest BCUT2D eigenvalue weighted by molar-refractivity contribution is 7.80. The van der Waals surface area contributed by atoms with Gasteiger partial charge in [-0.3, -0.25) is 10.1 Å². The second-order valence-corrected chi connectivity index (χ2v) is 5.91. The first-order chi connectivity index (χ1) is 9.51. The molecule has 20 heavy (non-hydrogen) atoms. The van der Waals surface area contributed by atoms with Gasteiger partial charge in [0.2, 0.25) is 0 Å². The molecule has 0 spiro atoms. The summed E-state index contributed by atoms with van der Waals surface area (Å²) in [4.78, 5) is 17.9. The van der Waals surface area contributed by atoms with Crippen molar-refractivity contribution in [2.75, 3.05) is 5.32 Å². The number of aryl methyl sites for hydroxylation is 2. The number of nitrogens with two attached hydrogens (primary N) is 1. The van der Waals surface area contributed by atoms with Gasteiger partial charge in [0.25, 0.3) is 5.91 Å². The van der Waals surface area contributed by atoms with Crippen LogP contribution < -0.4 is 11.1 Å². The number of hydrogen-bond acceptors (Lipinski definition) is 4. The minimum atomic E-state index is -0.184. The van der Waals surface area contributed by atoms with Crippen LogP contribution in [0.15, 0.2) is 24.3 Å². The smallest absolute Gasteiger partial charge is 0.257 e. The van der Waals surface area contributed by atoms with E-state index >= 15 is 0 Å².